The molecule has 1 aromatic carbocycles. The first-order chi connectivity index (χ1) is 9.47. The molecular formula is C14H18ClF3N2. The first-order valence-corrected chi connectivity index (χ1v) is 7.17. The Kier molecular flexibility index (Phi) is 5.16. The highest BCUT2D eigenvalue weighted by atomic mass is 35.5. The molecule has 1 aromatic rings. The van der Waals surface area contributed by atoms with Gasteiger partial charge in [0.1, 0.15) is 0 Å². The quantitative estimate of drug-likeness (QED) is 0.818. The molecule has 112 valence electrons. The van der Waals surface area contributed by atoms with E-state index in [1.54, 1.807) is 0 Å². The fourth-order valence-electron chi connectivity index (χ4n) is 2.37. The van der Waals surface area contributed by atoms with Gasteiger partial charge in [-0.15, -0.1) is 0 Å². The highest BCUT2D eigenvalue weighted by molar-refractivity contribution is 6.33. The van der Waals surface area contributed by atoms with Crippen LogP contribution in [0.15, 0.2) is 18.2 Å². The van der Waals surface area contributed by atoms with Crippen molar-refractivity contribution >= 4 is 17.3 Å². The van der Waals surface area contributed by atoms with Crippen molar-refractivity contribution in [3.8, 4) is 0 Å². The van der Waals surface area contributed by atoms with Gasteiger partial charge in [-0.2, -0.15) is 13.2 Å². The van der Waals surface area contributed by atoms with Gasteiger partial charge in [-0.25, -0.2) is 0 Å². The van der Waals surface area contributed by atoms with Gasteiger partial charge in [0.2, 0.25) is 0 Å². The van der Waals surface area contributed by atoms with Crippen molar-refractivity contribution in [1.82, 2.24) is 4.90 Å². The zero-order chi connectivity index (χ0) is 14.6. The SMILES string of the molecule is FC(F)(F)c1ccc(Cl)c(NCCCN2CCCC2)c1. The minimum absolute atomic E-state index is 0.319. The minimum Gasteiger partial charge on any atom is -0.384 e. The lowest BCUT2D eigenvalue weighted by molar-refractivity contribution is -0.137. The van der Waals surface area contributed by atoms with Crippen LogP contribution < -0.4 is 5.32 Å². The van der Waals surface area contributed by atoms with Crippen LogP contribution in [0.25, 0.3) is 0 Å². The number of nitrogens with one attached hydrogen (secondary N) is 1. The lowest BCUT2D eigenvalue weighted by Crippen LogP contribution is -2.22. The molecule has 0 unspecified atom stereocenters. The number of benzene rings is 1. The van der Waals surface area contributed by atoms with Crippen LogP contribution in [0.4, 0.5) is 18.9 Å². The molecular weight excluding hydrogens is 289 g/mol. The molecule has 0 radical (unpaired) electrons. The van der Waals surface area contributed by atoms with E-state index < -0.39 is 11.7 Å². The van der Waals surface area contributed by atoms with Crippen LogP contribution in [0.3, 0.4) is 0 Å². The summed E-state index contributed by atoms with van der Waals surface area (Å²) in [6.07, 6.45) is -0.955. The van der Waals surface area contributed by atoms with Crippen molar-refractivity contribution in [1.29, 1.82) is 0 Å². The van der Waals surface area contributed by atoms with Crippen LogP contribution in [0.1, 0.15) is 24.8 Å². The smallest absolute Gasteiger partial charge is 0.384 e. The second kappa shape index (κ2) is 6.68. The second-order valence-corrected chi connectivity index (χ2v) is 5.43. The molecule has 1 fully saturated rings. The normalized spacial score (nSPS) is 16.6. The van der Waals surface area contributed by atoms with Crippen molar-refractivity contribution in [3.63, 3.8) is 0 Å². The van der Waals surface area contributed by atoms with E-state index >= 15 is 0 Å². The third-order valence-electron chi connectivity index (χ3n) is 3.46. The number of rotatable bonds is 5. The summed E-state index contributed by atoms with van der Waals surface area (Å²) in [4.78, 5) is 2.37. The van der Waals surface area contributed by atoms with Gasteiger partial charge in [0.15, 0.2) is 0 Å². The number of halogens is 4. The molecule has 2 nitrogen and oxygen atoms in total. The van der Waals surface area contributed by atoms with Crippen molar-refractivity contribution in [2.75, 3.05) is 31.5 Å². The molecule has 1 saturated heterocycles. The Labute approximate surface area is 121 Å². The van der Waals surface area contributed by atoms with E-state index in [-0.39, 0.29) is 0 Å². The Balaban J connectivity index is 1.85. The number of nitrogens with zero attached hydrogens (tertiary/aromatic N) is 1. The Morgan fingerprint density at radius 3 is 2.55 bits per heavy atom. The van der Waals surface area contributed by atoms with Crippen molar-refractivity contribution < 1.29 is 13.2 Å². The molecule has 0 atom stereocenters. The number of hydrogen-bond donors (Lipinski definition) is 1. The molecule has 0 aliphatic carbocycles. The van der Waals surface area contributed by atoms with Gasteiger partial charge in [-0.3, -0.25) is 0 Å². The molecule has 6 heteroatoms. The highest BCUT2D eigenvalue weighted by Gasteiger charge is 2.30. The molecule has 2 rings (SSSR count). The second-order valence-electron chi connectivity index (χ2n) is 5.02. The maximum atomic E-state index is 12.6. The van der Waals surface area contributed by atoms with Crippen molar-refractivity contribution in [3.05, 3.63) is 28.8 Å². The van der Waals surface area contributed by atoms with Gasteiger partial charge >= 0.3 is 6.18 Å². The van der Waals surface area contributed by atoms with Gasteiger partial charge in [0.25, 0.3) is 0 Å². The maximum Gasteiger partial charge on any atom is 0.416 e. The van der Waals surface area contributed by atoms with Gasteiger partial charge in [0.05, 0.1) is 16.3 Å². The Morgan fingerprint density at radius 1 is 1.20 bits per heavy atom. The molecule has 0 bridgehead atoms. The van der Waals surface area contributed by atoms with Crippen LogP contribution in [-0.4, -0.2) is 31.1 Å². The fraction of sp³-hybridized carbons (Fsp3) is 0.571. The summed E-state index contributed by atoms with van der Waals surface area (Å²) in [5.74, 6) is 0. The average Bonchev–Trinajstić information content (AvgIpc) is 2.88. The zero-order valence-corrected chi connectivity index (χ0v) is 11.9. The lowest BCUT2D eigenvalue weighted by atomic mass is 10.2. The van der Waals surface area contributed by atoms with Crippen LogP contribution >= 0.6 is 11.6 Å². The highest BCUT2D eigenvalue weighted by Crippen LogP contribution is 2.33. The summed E-state index contributed by atoms with van der Waals surface area (Å²) in [5.41, 5.74) is -0.327. The van der Waals surface area contributed by atoms with Gasteiger partial charge in [-0.1, -0.05) is 11.6 Å². The topological polar surface area (TPSA) is 15.3 Å². The van der Waals surface area contributed by atoms with E-state index in [4.69, 9.17) is 11.6 Å². The monoisotopic (exact) mass is 306 g/mol. The molecule has 20 heavy (non-hydrogen) atoms. The molecule has 1 aliphatic rings. The molecule has 0 saturated carbocycles. The van der Waals surface area contributed by atoms with E-state index in [9.17, 15) is 13.2 Å². The molecule has 0 spiro atoms. The van der Waals surface area contributed by atoms with Gasteiger partial charge in [-0.05, 0) is 57.1 Å². The Bertz CT molecular complexity index is 443. The van der Waals surface area contributed by atoms with Crippen molar-refractivity contribution in [2.45, 2.75) is 25.4 Å². The molecule has 0 aromatic heterocycles. The van der Waals surface area contributed by atoms with Gasteiger partial charge < -0.3 is 10.2 Å². The number of anilines is 1. The number of alkyl halides is 3. The molecule has 1 aliphatic heterocycles. The zero-order valence-electron chi connectivity index (χ0n) is 11.1. The van der Waals surface area contributed by atoms with E-state index in [1.165, 1.54) is 18.9 Å². The summed E-state index contributed by atoms with van der Waals surface area (Å²) < 4.78 is 37.8. The van der Waals surface area contributed by atoms with Crippen LogP contribution in [0, 0.1) is 0 Å². The first-order valence-electron chi connectivity index (χ1n) is 6.80. The van der Waals surface area contributed by atoms with Crippen LogP contribution in [0.2, 0.25) is 5.02 Å². The van der Waals surface area contributed by atoms with Gasteiger partial charge in [0, 0.05) is 6.54 Å². The predicted octanol–water partition coefficient (Wildman–Crippen LogP) is 4.26. The van der Waals surface area contributed by atoms with E-state index in [1.807, 2.05) is 0 Å². The third kappa shape index (κ3) is 4.28. The summed E-state index contributed by atoms with van der Waals surface area (Å²) in [5, 5.41) is 3.31. The van der Waals surface area contributed by atoms with Crippen molar-refractivity contribution in [2.24, 2.45) is 0 Å². The maximum absolute atomic E-state index is 12.6. The average molecular weight is 307 g/mol. The van der Waals surface area contributed by atoms with Crippen LogP contribution in [-0.2, 0) is 6.18 Å². The van der Waals surface area contributed by atoms with E-state index in [2.05, 4.69) is 10.2 Å². The number of likely N-dealkylation sites (tertiary alicyclic amines) is 1. The fourth-order valence-corrected chi connectivity index (χ4v) is 2.55. The first kappa shape index (κ1) is 15.4. The Hall–Kier alpha value is -0.940. The summed E-state index contributed by atoms with van der Waals surface area (Å²) >= 11 is 5.91. The predicted molar refractivity (Wildman–Crippen MR) is 75.2 cm³/mol. The van der Waals surface area contributed by atoms with E-state index in [0.717, 1.165) is 38.2 Å². The molecule has 1 heterocycles. The van der Waals surface area contributed by atoms with E-state index in [0.29, 0.717) is 17.3 Å². The third-order valence-corrected chi connectivity index (χ3v) is 3.79. The summed E-state index contributed by atoms with van der Waals surface area (Å²) in [6, 6.07) is 3.35. The standard InChI is InChI=1S/C14H18ClF3N2/c15-12-5-4-11(14(16,17)18)10-13(12)19-6-3-9-20-7-1-2-8-20/h4-5,10,19H,1-3,6-9H2. The number of hydrogen-bond acceptors (Lipinski definition) is 2. The largest absolute Gasteiger partial charge is 0.416 e. The minimum atomic E-state index is -4.34. The summed E-state index contributed by atoms with van der Waals surface area (Å²) in [6.45, 7) is 3.86. The summed E-state index contributed by atoms with van der Waals surface area (Å²) in [7, 11) is 0. The Morgan fingerprint density at radius 2 is 1.90 bits per heavy atom. The molecule has 1 N–H and O–H groups in total. The van der Waals surface area contributed by atoms with Crippen LogP contribution in [0.5, 0.6) is 0 Å². The molecule has 0 amide bonds. The lowest BCUT2D eigenvalue weighted by Gasteiger charge is -2.16.